The van der Waals surface area contributed by atoms with Crippen molar-refractivity contribution in [2.24, 2.45) is 5.73 Å². The minimum Gasteiger partial charge on any atom is -0.396 e. The molecule has 0 fully saturated rings. The molecule has 0 radical (unpaired) electrons. The molecule has 0 rings (SSSR count). The SMILES string of the molecule is CCC(C)(N)C(=O)NC(C)CCCO. The van der Waals surface area contributed by atoms with Crippen LogP contribution >= 0.6 is 0 Å². The number of rotatable bonds is 6. The Morgan fingerprint density at radius 1 is 1.64 bits per heavy atom. The van der Waals surface area contributed by atoms with Crippen LogP contribution in [0.4, 0.5) is 0 Å². The molecular formula is C10H22N2O2. The van der Waals surface area contributed by atoms with E-state index in [4.69, 9.17) is 10.8 Å². The molecule has 84 valence electrons. The van der Waals surface area contributed by atoms with Gasteiger partial charge in [-0.15, -0.1) is 0 Å². The number of carbonyl (C=O) groups is 1. The quantitative estimate of drug-likeness (QED) is 0.583. The number of hydrogen-bond acceptors (Lipinski definition) is 3. The van der Waals surface area contributed by atoms with Gasteiger partial charge < -0.3 is 16.2 Å². The molecule has 1 amide bonds. The highest BCUT2D eigenvalue weighted by molar-refractivity contribution is 5.85. The fourth-order valence-electron chi connectivity index (χ4n) is 1.02. The molecule has 0 spiro atoms. The number of nitrogens with one attached hydrogen (secondary N) is 1. The van der Waals surface area contributed by atoms with Crippen molar-refractivity contribution in [2.75, 3.05) is 6.61 Å². The van der Waals surface area contributed by atoms with Crippen LogP contribution < -0.4 is 11.1 Å². The first kappa shape index (κ1) is 13.4. The first-order chi connectivity index (χ1) is 6.44. The highest BCUT2D eigenvalue weighted by Crippen LogP contribution is 2.06. The summed E-state index contributed by atoms with van der Waals surface area (Å²) in [4.78, 5) is 11.6. The Labute approximate surface area is 85.9 Å². The summed E-state index contributed by atoms with van der Waals surface area (Å²) in [6, 6.07) is 0.0732. The highest BCUT2D eigenvalue weighted by Gasteiger charge is 2.26. The number of aliphatic hydroxyl groups excluding tert-OH is 1. The van der Waals surface area contributed by atoms with Crippen LogP contribution in [-0.2, 0) is 4.79 Å². The van der Waals surface area contributed by atoms with Gasteiger partial charge in [0.2, 0.25) is 5.91 Å². The third-order valence-corrected chi connectivity index (χ3v) is 2.43. The molecule has 0 aliphatic heterocycles. The van der Waals surface area contributed by atoms with E-state index in [1.165, 1.54) is 0 Å². The van der Waals surface area contributed by atoms with Crippen molar-refractivity contribution in [1.29, 1.82) is 0 Å². The van der Waals surface area contributed by atoms with E-state index in [1.54, 1.807) is 6.92 Å². The van der Waals surface area contributed by atoms with Crippen LogP contribution in [0.5, 0.6) is 0 Å². The van der Waals surface area contributed by atoms with Crippen molar-refractivity contribution < 1.29 is 9.90 Å². The average Bonchev–Trinajstić information content (AvgIpc) is 2.14. The van der Waals surface area contributed by atoms with Crippen molar-refractivity contribution in [3.05, 3.63) is 0 Å². The number of nitrogens with two attached hydrogens (primary N) is 1. The van der Waals surface area contributed by atoms with Gasteiger partial charge in [-0.1, -0.05) is 6.92 Å². The summed E-state index contributed by atoms with van der Waals surface area (Å²) in [5.41, 5.74) is 4.99. The summed E-state index contributed by atoms with van der Waals surface area (Å²) in [6.07, 6.45) is 2.10. The van der Waals surface area contributed by atoms with Crippen LogP contribution in [0.2, 0.25) is 0 Å². The molecule has 14 heavy (non-hydrogen) atoms. The molecule has 4 heteroatoms. The Morgan fingerprint density at radius 2 is 2.21 bits per heavy atom. The summed E-state index contributed by atoms with van der Waals surface area (Å²) in [6.45, 7) is 5.69. The van der Waals surface area contributed by atoms with Crippen LogP contribution in [0.15, 0.2) is 0 Å². The largest absolute Gasteiger partial charge is 0.396 e. The van der Waals surface area contributed by atoms with Crippen molar-refractivity contribution in [1.82, 2.24) is 5.32 Å². The molecule has 2 atom stereocenters. The maximum Gasteiger partial charge on any atom is 0.239 e. The van der Waals surface area contributed by atoms with E-state index in [0.717, 1.165) is 6.42 Å². The number of aliphatic hydroxyl groups is 1. The Hall–Kier alpha value is -0.610. The van der Waals surface area contributed by atoms with Crippen LogP contribution in [0.3, 0.4) is 0 Å². The van der Waals surface area contributed by atoms with Gasteiger partial charge in [0.1, 0.15) is 0 Å². The molecule has 0 aromatic rings. The monoisotopic (exact) mass is 202 g/mol. The molecule has 0 aromatic carbocycles. The van der Waals surface area contributed by atoms with Gasteiger partial charge in [0.25, 0.3) is 0 Å². The second kappa shape index (κ2) is 5.98. The van der Waals surface area contributed by atoms with Gasteiger partial charge >= 0.3 is 0 Å². The topological polar surface area (TPSA) is 75.4 Å². The third-order valence-electron chi connectivity index (χ3n) is 2.43. The Bertz CT molecular complexity index is 181. The zero-order valence-corrected chi connectivity index (χ0v) is 9.34. The Morgan fingerprint density at radius 3 is 2.64 bits per heavy atom. The molecule has 0 bridgehead atoms. The summed E-state index contributed by atoms with van der Waals surface area (Å²) >= 11 is 0. The molecular weight excluding hydrogens is 180 g/mol. The van der Waals surface area contributed by atoms with Gasteiger partial charge in [-0.25, -0.2) is 0 Å². The summed E-state index contributed by atoms with van der Waals surface area (Å²) in [5, 5.41) is 11.4. The van der Waals surface area contributed by atoms with E-state index in [9.17, 15) is 4.79 Å². The van der Waals surface area contributed by atoms with E-state index >= 15 is 0 Å². The Balaban J connectivity index is 3.93. The third kappa shape index (κ3) is 4.58. The minimum absolute atomic E-state index is 0.0732. The van der Waals surface area contributed by atoms with Crippen LogP contribution in [0, 0.1) is 0 Å². The molecule has 2 unspecified atom stereocenters. The highest BCUT2D eigenvalue weighted by atomic mass is 16.2. The van der Waals surface area contributed by atoms with Crippen molar-refractivity contribution in [2.45, 2.75) is 51.6 Å². The fraction of sp³-hybridized carbons (Fsp3) is 0.900. The van der Waals surface area contributed by atoms with Gasteiger partial charge in [0.05, 0.1) is 5.54 Å². The maximum atomic E-state index is 11.6. The van der Waals surface area contributed by atoms with Crippen molar-refractivity contribution in [3.8, 4) is 0 Å². The van der Waals surface area contributed by atoms with Crippen LogP contribution in [0.25, 0.3) is 0 Å². The van der Waals surface area contributed by atoms with E-state index in [0.29, 0.717) is 12.8 Å². The molecule has 0 saturated heterocycles. The standard InChI is InChI=1S/C10H22N2O2/c1-4-10(3,11)9(14)12-8(2)6-5-7-13/h8,13H,4-7,11H2,1-3H3,(H,12,14). The lowest BCUT2D eigenvalue weighted by atomic mass is 9.99. The van der Waals surface area contributed by atoms with E-state index in [-0.39, 0.29) is 18.6 Å². The zero-order valence-electron chi connectivity index (χ0n) is 9.34. The van der Waals surface area contributed by atoms with E-state index in [2.05, 4.69) is 5.32 Å². The van der Waals surface area contributed by atoms with E-state index in [1.807, 2.05) is 13.8 Å². The van der Waals surface area contributed by atoms with Gasteiger partial charge in [-0.3, -0.25) is 4.79 Å². The zero-order chi connectivity index (χ0) is 11.2. The second-order valence-electron chi connectivity index (χ2n) is 4.01. The molecule has 0 aliphatic carbocycles. The lowest BCUT2D eigenvalue weighted by molar-refractivity contribution is -0.126. The number of amides is 1. The first-order valence-electron chi connectivity index (χ1n) is 5.14. The minimum atomic E-state index is -0.784. The summed E-state index contributed by atoms with van der Waals surface area (Å²) in [5.74, 6) is -0.120. The number of carbonyl (C=O) groups excluding carboxylic acids is 1. The normalized spacial score (nSPS) is 17.2. The van der Waals surface area contributed by atoms with Crippen molar-refractivity contribution >= 4 is 5.91 Å². The lowest BCUT2D eigenvalue weighted by Gasteiger charge is -2.24. The van der Waals surface area contributed by atoms with Crippen LogP contribution in [0.1, 0.15) is 40.0 Å². The predicted octanol–water partition coefficient (Wildman–Crippen LogP) is 0.391. The first-order valence-corrected chi connectivity index (χ1v) is 5.14. The van der Waals surface area contributed by atoms with Crippen molar-refractivity contribution in [3.63, 3.8) is 0 Å². The Kier molecular flexibility index (Phi) is 5.72. The van der Waals surface area contributed by atoms with Gasteiger partial charge in [0.15, 0.2) is 0 Å². The fourth-order valence-corrected chi connectivity index (χ4v) is 1.02. The van der Waals surface area contributed by atoms with Gasteiger partial charge in [0, 0.05) is 12.6 Å². The lowest BCUT2D eigenvalue weighted by Crippen LogP contribution is -2.53. The maximum absolute atomic E-state index is 11.6. The molecule has 4 N–H and O–H groups in total. The van der Waals surface area contributed by atoms with Gasteiger partial charge in [-0.2, -0.15) is 0 Å². The molecule has 0 aromatic heterocycles. The molecule has 0 saturated carbocycles. The predicted molar refractivity (Wildman–Crippen MR) is 56.8 cm³/mol. The summed E-state index contributed by atoms with van der Waals surface area (Å²) in [7, 11) is 0. The summed E-state index contributed by atoms with van der Waals surface area (Å²) < 4.78 is 0. The van der Waals surface area contributed by atoms with Gasteiger partial charge in [-0.05, 0) is 33.1 Å². The molecule has 0 aliphatic rings. The second-order valence-corrected chi connectivity index (χ2v) is 4.01. The number of hydrogen-bond donors (Lipinski definition) is 3. The van der Waals surface area contributed by atoms with Crippen LogP contribution in [-0.4, -0.2) is 29.2 Å². The molecule has 0 heterocycles. The molecule has 4 nitrogen and oxygen atoms in total. The smallest absolute Gasteiger partial charge is 0.239 e. The van der Waals surface area contributed by atoms with E-state index < -0.39 is 5.54 Å². The average molecular weight is 202 g/mol.